The standard InChI is InChI=1S/C15H20FNO4/c1-11-10-12(4-5-13(11)16)15(19)17(8-9-20-2)7-6-14(18)21-3/h4-5,10H,6-9H2,1-3H3. The van der Waals surface area contributed by atoms with Crippen LogP contribution in [-0.2, 0) is 14.3 Å². The van der Waals surface area contributed by atoms with Gasteiger partial charge in [0.15, 0.2) is 0 Å². The van der Waals surface area contributed by atoms with E-state index in [9.17, 15) is 14.0 Å². The van der Waals surface area contributed by atoms with Gasteiger partial charge >= 0.3 is 5.97 Å². The van der Waals surface area contributed by atoms with Crippen LogP contribution in [0.1, 0.15) is 22.3 Å². The van der Waals surface area contributed by atoms with Gasteiger partial charge < -0.3 is 14.4 Å². The van der Waals surface area contributed by atoms with Crippen molar-refractivity contribution in [3.8, 4) is 0 Å². The number of esters is 1. The lowest BCUT2D eigenvalue weighted by atomic mass is 10.1. The van der Waals surface area contributed by atoms with Crippen LogP contribution in [0.5, 0.6) is 0 Å². The Morgan fingerprint density at radius 2 is 1.95 bits per heavy atom. The zero-order chi connectivity index (χ0) is 15.8. The number of nitrogens with zero attached hydrogens (tertiary/aromatic N) is 1. The Morgan fingerprint density at radius 3 is 2.52 bits per heavy atom. The molecule has 0 spiro atoms. The van der Waals surface area contributed by atoms with Crippen molar-refractivity contribution < 1.29 is 23.5 Å². The van der Waals surface area contributed by atoms with E-state index in [2.05, 4.69) is 4.74 Å². The molecule has 21 heavy (non-hydrogen) atoms. The molecule has 116 valence electrons. The van der Waals surface area contributed by atoms with Crippen molar-refractivity contribution in [2.24, 2.45) is 0 Å². The number of amides is 1. The zero-order valence-corrected chi connectivity index (χ0v) is 12.5. The Bertz CT molecular complexity index is 504. The minimum Gasteiger partial charge on any atom is -0.469 e. The second kappa shape index (κ2) is 8.36. The molecule has 0 aliphatic rings. The van der Waals surface area contributed by atoms with Crippen LogP contribution in [0.25, 0.3) is 0 Å². The van der Waals surface area contributed by atoms with Gasteiger partial charge in [0.2, 0.25) is 0 Å². The SMILES string of the molecule is COCCN(CCC(=O)OC)C(=O)c1ccc(F)c(C)c1. The zero-order valence-electron chi connectivity index (χ0n) is 12.5. The fourth-order valence-corrected chi connectivity index (χ4v) is 1.80. The monoisotopic (exact) mass is 297 g/mol. The summed E-state index contributed by atoms with van der Waals surface area (Å²) in [4.78, 5) is 25.1. The van der Waals surface area contributed by atoms with E-state index >= 15 is 0 Å². The van der Waals surface area contributed by atoms with Gasteiger partial charge in [-0.1, -0.05) is 0 Å². The summed E-state index contributed by atoms with van der Waals surface area (Å²) in [6, 6.07) is 4.19. The average molecular weight is 297 g/mol. The lowest BCUT2D eigenvalue weighted by Crippen LogP contribution is -2.35. The summed E-state index contributed by atoms with van der Waals surface area (Å²) in [5.74, 6) is -1.01. The van der Waals surface area contributed by atoms with Crippen molar-refractivity contribution in [1.29, 1.82) is 0 Å². The van der Waals surface area contributed by atoms with Crippen molar-refractivity contribution in [1.82, 2.24) is 4.90 Å². The van der Waals surface area contributed by atoms with Crippen molar-refractivity contribution >= 4 is 11.9 Å². The summed E-state index contributed by atoms with van der Waals surface area (Å²) in [7, 11) is 2.83. The molecule has 0 saturated heterocycles. The van der Waals surface area contributed by atoms with Crippen molar-refractivity contribution in [3.05, 3.63) is 35.1 Å². The van der Waals surface area contributed by atoms with Crippen molar-refractivity contribution in [2.45, 2.75) is 13.3 Å². The Kier molecular flexibility index (Phi) is 6.81. The maximum atomic E-state index is 13.3. The number of carbonyl (C=O) groups excluding carboxylic acids is 2. The third kappa shape index (κ3) is 5.15. The Morgan fingerprint density at radius 1 is 1.24 bits per heavy atom. The highest BCUT2D eigenvalue weighted by atomic mass is 19.1. The predicted octanol–water partition coefficient (Wildman–Crippen LogP) is 1.79. The molecule has 0 radical (unpaired) electrons. The molecule has 0 bridgehead atoms. The number of methoxy groups -OCH3 is 2. The molecule has 1 rings (SSSR count). The highest BCUT2D eigenvalue weighted by molar-refractivity contribution is 5.94. The third-order valence-electron chi connectivity index (χ3n) is 3.07. The van der Waals surface area contributed by atoms with Gasteiger partial charge in [-0.15, -0.1) is 0 Å². The average Bonchev–Trinajstić information content (AvgIpc) is 2.49. The second-order valence-electron chi connectivity index (χ2n) is 4.58. The van der Waals surface area contributed by atoms with E-state index in [1.54, 1.807) is 6.92 Å². The highest BCUT2D eigenvalue weighted by Gasteiger charge is 2.17. The molecule has 0 N–H and O–H groups in total. The lowest BCUT2D eigenvalue weighted by molar-refractivity contribution is -0.140. The molecule has 0 aliphatic carbocycles. The van der Waals surface area contributed by atoms with Crippen LogP contribution < -0.4 is 0 Å². The highest BCUT2D eigenvalue weighted by Crippen LogP contribution is 2.12. The van der Waals surface area contributed by atoms with Crippen LogP contribution in [0.4, 0.5) is 4.39 Å². The largest absolute Gasteiger partial charge is 0.469 e. The summed E-state index contributed by atoms with van der Waals surface area (Å²) in [6.45, 7) is 2.53. The molecular weight excluding hydrogens is 277 g/mol. The van der Waals surface area contributed by atoms with Crippen LogP contribution in [0.3, 0.4) is 0 Å². The summed E-state index contributed by atoms with van der Waals surface area (Å²) in [6.07, 6.45) is 0.103. The second-order valence-corrected chi connectivity index (χ2v) is 4.58. The number of rotatable bonds is 7. The Hall–Kier alpha value is -1.95. The van der Waals surface area contributed by atoms with E-state index in [-0.39, 0.29) is 30.7 Å². The number of halogens is 1. The normalized spacial score (nSPS) is 10.3. The third-order valence-corrected chi connectivity index (χ3v) is 3.07. The molecule has 1 amide bonds. The van der Waals surface area contributed by atoms with E-state index in [0.29, 0.717) is 24.3 Å². The maximum Gasteiger partial charge on any atom is 0.307 e. The van der Waals surface area contributed by atoms with Crippen LogP contribution in [0, 0.1) is 12.7 Å². The number of hydrogen-bond donors (Lipinski definition) is 0. The number of hydrogen-bond acceptors (Lipinski definition) is 4. The molecule has 1 aromatic rings. The fourth-order valence-electron chi connectivity index (χ4n) is 1.80. The summed E-state index contributed by atoms with van der Waals surface area (Å²) >= 11 is 0. The first kappa shape index (κ1) is 17.1. The van der Waals surface area contributed by atoms with E-state index < -0.39 is 0 Å². The van der Waals surface area contributed by atoms with E-state index in [1.807, 2.05) is 0 Å². The molecule has 0 atom stereocenters. The lowest BCUT2D eigenvalue weighted by Gasteiger charge is -2.22. The van der Waals surface area contributed by atoms with Crippen LogP contribution in [0.2, 0.25) is 0 Å². The molecule has 0 saturated carbocycles. The van der Waals surface area contributed by atoms with Crippen molar-refractivity contribution in [2.75, 3.05) is 33.9 Å². The number of benzene rings is 1. The number of ether oxygens (including phenoxy) is 2. The first-order chi connectivity index (χ1) is 9.99. The predicted molar refractivity (Wildman–Crippen MR) is 75.5 cm³/mol. The molecule has 0 fully saturated rings. The van der Waals surface area contributed by atoms with E-state index in [1.165, 1.54) is 37.3 Å². The molecule has 0 unspecified atom stereocenters. The molecule has 0 heterocycles. The molecule has 1 aromatic carbocycles. The molecule has 0 aliphatic heterocycles. The first-order valence-corrected chi connectivity index (χ1v) is 6.60. The van der Waals surface area contributed by atoms with Crippen LogP contribution in [-0.4, -0.2) is 50.7 Å². The van der Waals surface area contributed by atoms with Gasteiger partial charge in [0, 0.05) is 25.8 Å². The van der Waals surface area contributed by atoms with Gasteiger partial charge in [-0.2, -0.15) is 0 Å². The van der Waals surface area contributed by atoms with Gasteiger partial charge in [0.1, 0.15) is 5.82 Å². The minimum absolute atomic E-state index is 0.103. The molecule has 0 aromatic heterocycles. The Balaban J connectivity index is 2.82. The summed E-state index contributed by atoms with van der Waals surface area (Å²) in [5.41, 5.74) is 0.787. The summed E-state index contributed by atoms with van der Waals surface area (Å²) < 4.78 is 22.8. The van der Waals surface area contributed by atoms with E-state index in [0.717, 1.165) is 0 Å². The molecule has 6 heteroatoms. The van der Waals surface area contributed by atoms with Crippen molar-refractivity contribution in [3.63, 3.8) is 0 Å². The van der Waals surface area contributed by atoms with Gasteiger partial charge in [-0.25, -0.2) is 4.39 Å². The van der Waals surface area contributed by atoms with E-state index in [4.69, 9.17) is 4.74 Å². The summed E-state index contributed by atoms with van der Waals surface area (Å²) in [5, 5.41) is 0. The van der Waals surface area contributed by atoms with Gasteiger partial charge in [-0.3, -0.25) is 9.59 Å². The fraction of sp³-hybridized carbons (Fsp3) is 0.467. The topological polar surface area (TPSA) is 55.8 Å². The molecule has 5 nitrogen and oxygen atoms in total. The number of aryl methyl sites for hydroxylation is 1. The quantitative estimate of drug-likeness (QED) is 0.720. The van der Waals surface area contributed by atoms with Crippen LogP contribution >= 0.6 is 0 Å². The molecular formula is C15H20FNO4. The van der Waals surface area contributed by atoms with Gasteiger partial charge in [0.05, 0.1) is 20.1 Å². The number of carbonyl (C=O) groups is 2. The minimum atomic E-state index is -0.388. The first-order valence-electron chi connectivity index (χ1n) is 6.60. The van der Waals surface area contributed by atoms with Gasteiger partial charge in [0.25, 0.3) is 5.91 Å². The van der Waals surface area contributed by atoms with Crippen LogP contribution in [0.15, 0.2) is 18.2 Å². The Labute approximate surface area is 123 Å². The van der Waals surface area contributed by atoms with Gasteiger partial charge in [-0.05, 0) is 30.7 Å². The maximum absolute atomic E-state index is 13.3. The smallest absolute Gasteiger partial charge is 0.307 e.